The lowest BCUT2D eigenvalue weighted by atomic mass is 10.1. The molecule has 94 valence electrons. The van der Waals surface area contributed by atoms with Crippen LogP contribution < -0.4 is 5.32 Å². The number of ether oxygens (including phenoxy) is 1. The van der Waals surface area contributed by atoms with Crippen LogP contribution in [0.1, 0.15) is 58.3 Å². The molecule has 1 atom stereocenters. The highest BCUT2D eigenvalue weighted by molar-refractivity contribution is 4.82. The highest BCUT2D eigenvalue weighted by Crippen LogP contribution is 2.25. The summed E-state index contributed by atoms with van der Waals surface area (Å²) in [5.74, 6) is 0.861. The molecule has 0 aromatic heterocycles. The first-order valence-electron chi connectivity index (χ1n) is 7.23. The highest BCUT2D eigenvalue weighted by Gasteiger charge is 2.22. The molecule has 0 aliphatic heterocycles. The van der Waals surface area contributed by atoms with Gasteiger partial charge in [-0.2, -0.15) is 0 Å². The summed E-state index contributed by atoms with van der Waals surface area (Å²) in [6, 6.07) is 0.814. The van der Waals surface area contributed by atoms with Crippen LogP contribution in [0, 0.1) is 5.92 Å². The first-order chi connectivity index (χ1) is 7.88. The second-order valence-corrected chi connectivity index (χ2v) is 5.58. The minimum absolute atomic E-state index is 0.464. The van der Waals surface area contributed by atoms with Crippen LogP contribution in [0.4, 0.5) is 0 Å². The van der Waals surface area contributed by atoms with E-state index in [1.807, 2.05) is 0 Å². The third-order valence-corrected chi connectivity index (χ3v) is 3.86. The van der Waals surface area contributed by atoms with E-state index in [-0.39, 0.29) is 0 Å². The van der Waals surface area contributed by atoms with Crippen molar-refractivity contribution in [2.45, 2.75) is 70.4 Å². The molecule has 2 aliphatic carbocycles. The fourth-order valence-corrected chi connectivity index (χ4v) is 2.60. The molecule has 2 nitrogen and oxygen atoms in total. The third-order valence-electron chi connectivity index (χ3n) is 3.86. The zero-order valence-electron chi connectivity index (χ0n) is 10.7. The van der Waals surface area contributed by atoms with Crippen LogP contribution >= 0.6 is 0 Å². The van der Waals surface area contributed by atoms with Crippen LogP contribution in [0.25, 0.3) is 0 Å². The molecule has 1 unspecified atom stereocenters. The smallest absolute Gasteiger partial charge is 0.0699 e. The second-order valence-electron chi connectivity index (χ2n) is 5.58. The highest BCUT2D eigenvalue weighted by atomic mass is 16.5. The molecule has 16 heavy (non-hydrogen) atoms. The zero-order valence-corrected chi connectivity index (χ0v) is 10.7. The monoisotopic (exact) mass is 225 g/mol. The fourth-order valence-electron chi connectivity index (χ4n) is 2.60. The summed E-state index contributed by atoms with van der Waals surface area (Å²) >= 11 is 0. The van der Waals surface area contributed by atoms with Crippen molar-refractivity contribution in [3.05, 3.63) is 0 Å². The summed E-state index contributed by atoms with van der Waals surface area (Å²) in [4.78, 5) is 0. The van der Waals surface area contributed by atoms with Gasteiger partial charge in [-0.3, -0.25) is 0 Å². The quantitative estimate of drug-likeness (QED) is 0.685. The van der Waals surface area contributed by atoms with E-state index in [0.29, 0.717) is 6.10 Å². The van der Waals surface area contributed by atoms with E-state index >= 15 is 0 Å². The number of nitrogens with one attached hydrogen (secondary N) is 1. The average molecular weight is 225 g/mol. The molecule has 0 heterocycles. The van der Waals surface area contributed by atoms with Crippen LogP contribution in [0.15, 0.2) is 0 Å². The molecule has 0 amide bonds. The molecule has 1 N–H and O–H groups in total. The van der Waals surface area contributed by atoms with E-state index in [1.54, 1.807) is 0 Å². The molecular weight excluding hydrogens is 198 g/mol. The summed E-state index contributed by atoms with van der Waals surface area (Å²) in [6.07, 6.45) is 11.3. The summed E-state index contributed by atoms with van der Waals surface area (Å²) in [5, 5.41) is 3.59. The van der Waals surface area contributed by atoms with Crippen molar-refractivity contribution < 1.29 is 4.74 Å². The Balaban J connectivity index is 1.59. The first kappa shape index (κ1) is 12.4. The molecule has 2 heteroatoms. The van der Waals surface area contributed by atoms with Crippen LogP contribution in [-0.4, -0.2) is 25.3 Å². The van der Waals surface area contributed by atoms with Gasteiger partial charge >= 0.3 is 0 Å². The zero-order chi connectivity index (χ0) is 11.2. The molecular formula is C14H27NO. The number of hydrogen-bond acceptors (Lipinski definition) is 2. The topological polar surface area (TPSA) is 21.3 Å². The minimum atomic E-state index is 0.464. The van der Waals surface area contributed by atoms with Crippen molar-refractivity contribution in [2.75, 3.05) is 13.2 Å². The normalized spacial score (nSPS) is 23.8. The maximum absolute atomic E-state index is 6.08. The standard InChI is InChI=1S/C14H27NO/c1-2-5-14(10-15-13-8-9-13)16-11-12-6-3-4-7-12/h12-15H,2-11H2,1H3. The van der Waals surface area contributed by atoms with Crippen molar-refractivity contribution >= 4 is 0 Å². The number of hydrogen-bond donors (Lipinski definition) is 1. The second kappa shape index (κ2) is 6.61. The van der Waals surface area contributed by atoms with Gasteiger partial charge in [-0.05, 0) is 38.0 Å². The van der Waals surface area contributed by atoms with Gasteiger partial charge in [-0.1, -0.05) is 26.2 Å². The molecule has 0 radical (unpaired) electrons. The van der Waals surface area contributed by atoms with Gasteiger partial charge in [0, 0.05) is 19.2 Å². The predicted octanol–water partition coefficient (Wildman–Crippen LogP) is 3.11. The molecule has 0 aromatic carbocycles. The predicted molar refractivity (Wildman–Crippen MR) is 67.6 cm³/mol. The third kappa shape index (κ3) is 4.42. The molecule has 0 bridgehead atoms. The number of rotatable bonds is 8. The molecule has 0 saturated heterocycles. The van der Waals surface area contributed by atoms with Gasteiger partial charge in [0.2, 0.25) is 0 Å². The summed E-state index contributed by atoms with van der Waals surface area (Å²) < 4.78 is 6.08. The Hall–Kier alpha value is -0.0800. The van der Waals surface area contributed by atoms with Gasteiger partial charge in [0.15, 0.2) is 0 Å². The van der Waals surface area contributed by atoms with E-state index in [0.717, 1.165) is 25.1 Å². The van der Waals surface area contributed by atoms with Crippen molar-refractivity contribution in [1.82, 2.24) is 5.32 Å². The summed E-state index contributed by atoms with van der Waals surface area (Å²) in [6.45, 7) is 4.34. The van der Waals surface area contributed by atoms with Gasteiger partial charge in [0.1, 0.15) is 0 Å². The molecule has 0 aromatic rings. The SMILES string of the molecule is CCCC(CNC1CC1)OCC1CCCC1. The fraction of sp³-hybridized carbons (Fsp3) is 1.00. The maximum Gasteiger partial charge on any atom is 0.0699 e. The van der Waals surface area contributed by atoms with Gasteiger partial charge in [-0.15, -0.1) is 0 Å². The lowest BCUT2D eigenvalue weighted by Crippen LogP contribution is -2.31. The van der Waals surface area contributed by atoms with Crippen LogP contribution in [0.5, 0.6) is 0 Å². The first-order valence-corrected chi connectivity index (χ1v) is 7.23. The summed E-state index contributed by atoms with van der Waals surface area (Å²) in [5.41, 5.74) is 0. The van der Waals surface area contributed by atoms with Crippen molar-refractivity contribution in [2.24, 2.45) is 5.92 Å². The Labute approximate surface area is 100 Å². The van der Waals surface area contributed by atoms with E-state index < -0.39 is 0 Å². The van der Waals surface area contributed by atoms with E-state index in [1.165, 1.54) is 51.4 Å². The molecule has 2 aliphatic rings. The molecule has 0 spiro atoms. The van der Waals surface area contributed by atoms with Gasteiger partial charge in [0.25, 0.3) is 0 Å². The Morgan fingerprint density at radius 1 is 1.19 bits per heavy atom. The Morgan fingerprint density at radius 2 is 1.94 bits per heavy atom. The van der Waals surface area contributed by atoms with E-state index in [4.69, 9.17) is 4.74 Å². The molecule has 2 rings (SSSR count). The van der Waals surface area contributed by atoms with Crippen LogP contribution in [0.3, 0.4) is 0 Å². The van der Waals surface area contributed by atoms with Crippen LogP contribution in [-0.2, 0) is 4.74 Å². The van der Waals surface area contributed by atoms with E-state index in [9.17, 15) is 0 Å². The Bertz CT molecular complexity index is 185. The van der Waals surface area contributed by atoms with Gasteiger partial charge in [-0.25, -0.2) is 0 Å². The van der Waals surface area contributed by atoms with E-state index in [2.05, 4.69) is 12.2 Å². The van der Waals surface area contributed by atoms with Crippen molar-refractivity contribution in [1.29, 1.82) is 0 Å². The minimum Gasteiger partial charge on any atom is -0.377 e. The van der Waals surface area contributed by atoms with Crippen molar-refractivity contribution in [3.8, 4) is 0 Å². The Morgan fingerprint density at radius 3 is 2.56 bits per heavy atom. The average Bonchev–Trinajstić information content (AvgIpc) is 2.97. The Kier molecular flexibility index (Phi) is 5.11. The molecule has 2 saturated carbocycles. The lowest BCUT2D eigenvalue weighted by Gasteiger charge is -2.20. The molecule has 2 fully saturated rings. The van der Waals surface area contributed by atoms with Gasteiger partial charge < -0.3 is 10.1 Å². The summed E-state index contributed by atoms with van der Waals surface area (Å²) in [7, 11) is 0. The lowest BCUT2D eigenvalue weighted by molar-refractivity contribution is 0.0250. The van der Waals surface area contributed by atoms with Gasteiger partial charge in [0.05, 0.1) is 6.10 Å². The van der Waals surface area contributed by atoms with Crippen molar-refractivity contribution in [3.63, 3.8) is 0 Å². The largest absolute Gasteiger partial charge is 0.377 e. The maximum atomic E-state index is 6.08. The van der Waals surface area contributed by atoms with Crippen LogP contribution in [0.2, 0.25) is 0 Å².